The van der Waals surface area contributed by atoms with Gasteiger partial charge in [-0.2, -0.15) is 0 Å². The van der Waals surface area contributed by atoms with E-state index in [-0.39, 0.29) is 5.97 Å². The molecule has 1 fully saturated rings. The molecule has 4 heteroatoms. The topological polar surface area (TPSA) is 78.3 Å². The van der Waals surface area contributed by atoms with Gasteiger partial charge in [0.2, 0.25) is 0 Å². The number of benzene rings is 1. The second kappa shape index (κ2) is 6.27. The largest absolute Gasteiger partial charge is 0.469 e. The third kappa shape index (κ3) is 3.31. The maximum atomic E-state index is 12.2. The molecule has 1 aliphatic rings. The van der Waals surface area contributed by atoms with E-state index in [0.717, 1.165) is 24.1 Å². The highest BCUT2D eigenvalue weighted by atomic mass is 16.5. The predicted octanol–water partition coefficient (Wildman–Crippen LogP) is 2.12. The van der Waals surface area contributed by atoms with E-state index in [1.54, 1.807) is 0 Å². The van der Waals surface area contributed by atoms with Gasteiger partial charge in [0.1, 0.15) is 0 Å². The normalized spacial score (nSPS) is 17.5. The van der Waals surface area contributed by atoms with E-state index in [0.29, 0.717) is 18.9 Å². The molecule has 1 aromatic rings. The highest BCUT2D eigenvalue weighted by Gasteiger charge is 2.42. The average molecular weight is 276 g/mol. The summed E-state index contributed by atoms with van der Waals surface area (Å²) < 4.78 is 5.00. The maximum absolute atomic E-state index is 12.2. The molecule has 110 valence electrons. The minimum absolute atomic E-state index is 0.179. The second-order valence-corrected chi connectivity index (χ2v) is 5.82. The summed E-state index contributed by atoms with van der Waals surface area (Å²) in [6.45, 7) is 0.336. The van der Waals surface area contributed by atoms with Crippen molar-refractivity contribution >= 4 is 11.7 Å². The molecule has 1 aliphatic carbocycles. The number of ether oxygens (including phenoxy) is 1. The Kier molecular flexibility index (Phi) is 4.65. The van der Waals surface area contributed by atoms with Crippen LogP contribution in [0.1, 0.15) is 31.2 Å². The molecule has 4 nitrogen and oxygen atoms in total. The smallest absolute Gasteiger partial charge is 0.313 e. The molecule has 1 aromatic carbocycles. The number of rotatable bonds is 7. The van der Waals surface area contributed by atoms with Crippen LogP contribution >= 0.6 is 0 Å². The number of carbonyl (C=O) groups excluding carboxylic acids is 1. The van der Waals surface area contributed by atoms with Gasteiger partial charge in [-0.25, -0.2) is 0 Å². The highest BCUT2D eigenvalue weighted by Crippen LogP contribution is 2.43. The molecule has 2 rings (SSSR count). The molecule has 0 saturated heterocycles. The van der Waals surface area contributed by atoms with Crippen LogP contribution in [0.4, 0.5) is 5.69 Å². The van der Waals surface area contributed by atoms with Crippen molar-refractivity contribution in [1.29, 1.82) is 0 Å². The third-order valence-electron chi connectivity index (χ3n) is 4.31. The van der Waals surface area contributed by atoms with Gasteiger partial charge in [0.05, 0.1) is 12.5 Å². The van der Waals surface area contributed by atoms with Gasteiger partial charge in [0, 0.05) is 12.2 Å². The zero-order chi connectivity index (χ0) is 14.6. The number of methoxy groups -OCH3 is 1. The first-order valence-corrected chi connectivity index (χ1v) is 7.23. The monoisotopic (exact) mass is 276 g/mol. The Morgan fingerprint density at radius 1 is 1.40 bits per heavy atom. The molecular formula is C16H24N2O2. The summed E-state index contributed by atoms with van der Waals surface area (Å²) >= 11 is 0. The molecule has 1 saturated carbocycles. The first-order chi connectivity index (χ1) is 9.61. The fraction of sp³-hybridized carbons (Fsp3) is 0.562. The molecule has 0 aliphatic heterocycles. The maximum Gasteiger partial charge on any atom is 0.313 e. The van der Waals surface area contributed by atoms with Gasteiger partial charge < -0.3 is 16.2 Å². The van der Waals surface area contributed by atoms with Crippen LogP contribution in [0.5, 0.6) is 0 Å². The molecule has 1 atom stereocenters. The van der Waals surface area contributed by atoms with Crippen molar-refractivity contribution < 1.29 is 9.53 Å². The van der Waals surface area contributed by atoms with Crippen LogP contribution in [0.15, 0.2) is 24.3 Å². The van der Waals surface area contributed by atoms with Gasteiger partial charge in [-0.1, -0.05) is 31.0 Å². The van der Waals surface area contributed by atoms with E-state index in [9.17, 15) is 4.79 Å². The zero-order valence-corrected chi connectivity index (χ0v) is 12.1. The lowest BCUT2D eigenvalue weighted by atomic mass is 9.77. The van der Waals surface area contributed by atoms with E-state index in [4.69, 9.17) is 16.2 Å². The van der Waals surface area contributed by atoms with E-state index in [1.807, 2.05) is 24.3 Å². The number of hydrogen-bond donors (Lipinski definition) is 2. The number of anilines is 1. The molecular weight excluding hydrogens is 252 g/mol. The molecule has 0 heterocycles. The van der Waals surface area contributed by atoms with Gasteiger partial charge in [0.25, 0.3) is 0 Å². The van der Waals surface area contributed by atoms with Crippen LogP contribution in [-0.2, 0) is 16.0 Å². The van der Waals surface area contributed by atoms with Gasteiger partial charge in [0.15, 0.2) is 0 Å². The summed E-state index contributed by atoms with van der Waals surface area (Å²) in [6.07, 6.45) is 4.69. The zero-order valence-electron chi connectivity index (χ0n) is 12.1. The number of nitrogen functional groups attached to an aromatic ring is 1. The Labute approximate surface area is 120 Å². The van der Waals surface area contributed by atoms with Crippen LogP contribution in [0, 0.1) is 11.3 Å². The van der Waals surface area contributed by atoms with E-state index < -0.39 is 5.41 Å². The number of hydrogen-bond acceptors (Lipinski definition) is 4. The van der Waals surface area contributed by atoms with Crippen molar-refractivity contribution in [3.8, 4) is 0 Å². The molecule has 20 heavy (non-hydrogen) atoms. The number of aryl methyl sites for hydroxylation is 1. The average Bonchev–Trinajstić information content (AvgIpc) is 3.28. The van der Waals surface area contributed by atoms with E-state index >= 15 is 0 Å². The van der Waals surface area contributed by atoms with Crippen LogP contribution in [0.25, 0.3) is 0 Å². The standard InChI is InChI=1S/C16H24N2O2/c1-20-15(19)16(11-17,10-12-6-7-12)9-8-13-4-2-3-5-14(13)18/h2-5,12H,6-11,17-18H2,1H3. The Morgan fingerprint density at radius 3 is 2.65 bits per heavy atom. The lowest BCUT2D eigenvalue weighted by Gasteiger charge is -2.30. The molecule has 0 radical (unpaired) electrons. The van der Waals surface area contributed by atoms with Crippen molar-refractivity contribution in [2.75, 3.05) is 19.4 Å². The summed E-state index contributed by atoms with van der Waals surface area (Å²) in [4.78, 5) is 12.2. The van der Waals surface area contributed by atoms with Crippen LogP contribution in [0.3, 0.4) is 0 Å². The molecule has 0 aromatic heterocycles. The van der Waals surface area contributed by atoms with Crippen molar-refractivity contribution in [2.45, 2.75) is 32.1 Å². The molecule has 0 amide bonds. The lowest BCUT2D eigenvalue weighted by molar-refractivity contribution is -0.153. The van der Waals surface area contributed by atoms with Crippen molar-refractivity contribution in [3.63, 3.8) is 0 Å². The highest BCUT2D eigenvalue weighted by molar-refractivity contribution is 5.77. The van der Waals surface area contributed by atoms with Crippen molar-refractivity contribution in [2.24, 2.45) is 17.1 Å². The SMILES string of the molecule is COC(=O)C(CN)(CCc1ccccc1N)CC1CC1. The Hall–Kier alpha value is -1.55. The number of nitrogens with two attached hydrogens (primary N) is 2. The van der Waals surface area contributed by atoms with Gasteiger partial charge >= 0.3 is 5.97 Å². The van der Waals surface area contributed by atoms with Crippen LogP contribution < -0.4 is 11.5 Å². The van der Waals surface area contributed by atoms with Gasteiger partial charge in [-0.15, -0.1) is 0 Å². The van der Waals surface area contributed by atoms with Gasteiger partial charge in [-0.05, 0) is 36.8 Å². The summed E-state index contributed by atoms with van der Waals surface area (Å²) in [5.41, 5.74) is 13.2. The Balaban J connectivity index is 2.10. The predicted molar refractivity (Wildman–Crippen MR) is 80.0 cm³/mol. The first-order valence-electron chi connectivity index (χ1n) is 7.23. The number of para-hydroxylation sites is 1. The Bertz CT molecular complexity index is 471. The number of esters is 1. The summed E-state index contributed by atoms with van der Waals surface area (Å²) in [5.74, 6) is 0.451. The second-order valence-electron chi connectivity index (χ2n) is 5.82. The third-order valence-corrected chi connectivity index (χ3v) is 4.31. The molecule has 1 unspecified atom stereocenters. The van der Waals surface area contributed by atoms with Crippen molar-refractivity contribution in [3.05, 3.63) is 29.8 Å². The lowest BCUT2D eigenvalue weighted by Crippen LogP contribution is -2.40. The summed E-state index contributed by atoms with van der Waals surface area (Å²) in [5, 5.41) is 0. The van der Waals surface area contributed by atoms with Gasteiger partial charge in [-0.3, -0.25) is 4.79 Å². The molecule has 4 N–H and O–H groups in total. The number of carbonyl (C=O) groups is 1. The summed E-state index contributed by atoms with van der Waals surface area (Å²) in [7, 11) is 1.44. The Morgan fingerprint density at radius 2 is 2.10 bits per heavy atom. The van der Waals surface area contributed by atoms with Crippen LogP contribution in [-0.4, -0.2) is 19.6 Å². The molecule has 0 bridgehead atoms. The molecule has 0 spiro atoms. The van der Waals surface area contributed by atoms with E-state index in [2.05, 4.69) is 0 Å². The quantitative estimate of drug-likeness (QED) is 0.590. The first kappa shape index (κ1) is 14.9. The van der Waals surface area contributed by atoms with Crippen LogP contribution in [0.2, 0.25) is 0 Å². The fourth-order valence-electron chi connectivity index (χ4n) is 2.78. The van der Waals surface area contributed by atoms with E-state index in [1.165, 1.54) is 20.0 Å². The summed E-state index contributed by atoms with van der Waals surface area (Å²) in [6, 6.07) is 7.78. The minimum Gasteiger partial charge on any atom is -0.469 e. The fourth-order valence-corrected chi connectivity index (χ4v) is 2.78. The van der Waals surface area contributed by atoms with Crippen molar-refractivity contribution in [1.82, 2.24) is 0 Å². The minimum atomic E-state index is -0.557.